The van der Waals surface area contributed by atoms with Crippen molar-refractivity contribution >= 4 is 11.8 Å². The van der Waals surface area contributed by atoms with Crippen LogP contribution in [-0.4, -0.2) is 5.25 Å². The first kappa shape index (κ1) is 13.4. The summed E-state index contributed by atoms with van der Waals surface area (Å²) in [5.41, 5.74) is 1.21. The number of hydrogen-bond donors (Lipinski definition) is 0. The van der Waals surface area contributed by atoms with Crippen LogP contribution in [0.15, 0.2) is 18.2 Å². The van der Waals surface area contributed by atoms with E-state index in [1.807, 2.05) is 11.8 Å². The van der Waals surface area contributed by atoms with Crippen LogP contribution in [0.5, 0.6) is 0 Å². The van der Waals surface area contributed by atoms with Crippen LogP contribution in [-0.2, 0) is 5.75 Å². The van der Waals surface area contributed by atoms with Crippen molar-refractivity contribution in [3.05, 3.63) is 35.1 Å². The highest BCUT2D eigenvalue weighted by Crippen LogP contribution is 2.34. The van der Waals surface area contributed by atoms with E-state index in [1.54, 1.807) is 6.07 Å². The Morgan fingerprint density at radius 1 is 1.44 bits per heavy atom. The van der Waals surface area contributed by atoms with Crippen LogP contribution in [0.3, 0.4) is 0 Å². The van der Waals surface area contributed by atoms with Gasteiger partial charge in [0.1, 0.15) is 5.82 Å². The number of rotatable bonds is 3. The fourth-order valence-electron chi connectivity index (χ4n) is 2.49. The third-order valence-electron chi connectivity index (χ3n) is 3.54. The van der Waals surface area contributed by atoms with Gasteiger partial charge in [0, 0.05) is 11.0 Å². The summed E-state index contributed by atoms with van der Waals surface area (Å²) in [5.74, 6) is 1.29. The van der Waals surface area contributed by atoms with Gasteiger partial charge >= 0.3 is 0 Å². The van der Waals surface area contributed by atoms with Gasteiger partial charge in [-0.25, -0.2) is 4.39 Å². The first-order chi connectivity index (χ1) is 8.69. The summed E-state index contributed by atoms with van der Waals surface area (Å²) in [5, 5.41) is 9.48. The Bertz CT molecular complexity index is 452. The third kappa shape index (κ3) is 3.49. The average Bonchev–Trinajstić information content (AvgIpc) is 2.38. The Labute approximate surface area is 112 Å². The predicted octanol–water partition coefficient (Wildman–Crippen LogP) is 4.51. The van der Waals surface area contributed by atoms with E-state index in [0.717, 1.165) is 5.92 Å². The summed E-state index contributed by atoms with van der Waals surface area (Å²) in [6.07, 6.45) is 5.10. The van der Waals surface area contributed by atoms with Gasteiger partial charge in [0.05, 0.1) is 11.6 Å². The predicted molar refractivity (Wildman–Crippen MR) is 73.8 cm³/mol. The molecule has 18 heavy (non-hydrogen) atoms. The molecule has 0 bridgehead atoms. The van der Waals surface area contributed by atoms with Crippen molar-refractivity contribution in [1.82, 2.24) is 0 Å². The molecule has 0 radical (unpaired) electrons. The lowest BCUT2D eigenvalue weighted by atomic mass is 9.91. The van der Waals surface area contributed by atoms with Gasteiger partial charge in [0.2, 0.25) is 0 Å². The fourth-order valence-corrected chi connectivity index (χ4v) is 3.93. The molecule has 1 saturated carbocycles. The summed E-state index contributed by atoms with van der Waals surface area (Å²) >= 11 is 1.84. The Balaban J connectivity index is 1.95. The number of benzene rings is 1. The van der Waals surface area contributed by atoms with E-state index in [1.165, 1.54) is 37.8 Å². The van der Waals surface area contributed by atoms with Crippen molar-refractivity contribution in [3.8, 4) is 6.07 Å². The van der Waals surface area contributed by atoms with Crippen LogP contribution in [0.4, 0.5) is 4.39 Å². The van der Waals surface area contributed by atoms with Gasteiger partial charge in [-0.15, -0.1) is 0 Å². The quantitative estimate of drug-likeness (QED) is 0.801. The van der Waals surface area contributed by atoms with Crippen molar-refractivity contribution in [3.63, 3.8) is 0 Å². The van der Waals surface area contributed by atoms with Crippen molar-refractivity contribution in [2.24, 2.45) is 5.92 Å². The molecule has 96 valence electrons. The van der Waals surface area contributed by atoms with E-state index in [4.69, 9.17) is 5.26 Å². The maximum Gasteiger partial charge on any atom is 0.127 e. The standard InChI is InChI=1S/C15H18FNS/c1-11-3-2-4-14(7-11)18-10-13-8-12(9-17)5-6-15(13)16/h5-6,8,11,14H,2-4,7,10H2,1H3. The largest absolute Gasteiger partial charge is 0.207 e. The molecule has 1 aliphatic carbocycles. The number of halogens is 1. The smallest absolute Gasteiger partial charge is 0.127 e. The van der Waals surface area contributed by atoms with Gasteiger partial charge in [-0.2, -0.15) is 17.0 Å². The molecule has 1 aromatic carbocycles. The summed E-state index contributed by atoms with van der Waals surface area (Å²) in [6.45, 7) is 2.30. The minimum atomic E-state index is -0.189. The molecule has 1 aromatic rings. The maximum atomic E-state index is 13.6. The molecule has 0 heterocycles. The van der Waals surface area contributed by atoms with Crippen LogP contribution in [0.1, 0.15) is 43.7 Å². The molecule has 0 saturated heterocycles. The third-order valence-corrected chi connectivity index (χ3v) is 4.91. The zero-order chi connectivity index (χ0) is 13.0. The van der Waals surface area contributed by atoms with E-state index >= 15 is 0 Å². The molecule has 1 aliphatic rings. The van der Waals surface area contributed by atoms with Crippen molar-refractivity contribution < 1.29 is 4.39 Å². The number of thioether (sulfide) groups is 1. The van der Waals surface area contributed by atoms with E-state index < -0.39 is 0 Å². The van der Waals surface area contributed by atoms with Crippen LogP contribution < -0.4 is 0 Å². The SMILES string of the molecule is CC1CCCC(SCc2cc(C#N)ccc2F)C1. The highest BCUT2D eigenvalue weighted by molar-refractivity contribution is 7.99. The Kier molecular flexibility index (Phi) is 4.66. The molecular weight excluding hydrogens is 245 g/mol. The molecule has 2 atom stereocenters. The van der Waals surface area contributed by atoms with Crippen LogP contribution in [0, 0.1) is 23.1 Å². The van der Waals surface area contributed by atoms with Gasteiger partial charge in [-0.05, 0) is 42.5 Å². The molecule has 3 heteroatoms. The molecule has 1 fully saturated rings. The van der Waals surface area contributed by atoms with Crippen LogP contribution >= 0.6 is 11.8 Å². The lowest BCUT2D eigenvalue weighted by Crippen LogP contribution is -2.15. The fraction of sp³-hybridized carbons (Fsp3) is 0.533. The first-order valence-corrected chi connectivity index (χ1v) is 7.54. The van der Waals surface area contributed by atoms with Crippen LogP contribution in [0.2, 0.25) is 0 Å². The van der Waals surface area contributed by atoms with E-state index in [9.17, 15) is 4.39 Å². The summed E-state index contributed by atoms with van der Waals surface area (Å²) in [7, 11) is 0. The summed E-state index contributed by atoms with van der Waals surface area (Å²) in [4.78, 5) is 0. The second kappa shape index (κ2) is 6.24. The molecule has 2 rings (SSSR count). The molecule has 0 spiro atoms. The molecule has 1 nitrogen and oxygen atoms in total. The summed E-state index contributed by atoms with van der Waals surface area (Å²) in [6, 6.07) is 6.67. The molecule has 0 aliphatic heterocycles. The van der Waals surface area contributed by atoms with Crippen LogP contribution in [0.25, 0.3) is 0 Å². The normalized spacial score (nSPS) is 23.6. The first-order valence-electron chi connectivity index (χ1n) is 6.49. The van der Waals surface area contributed by atoms with E-state index in [0.29, 0.717) is 22.1 Å². The highest BCUT2D eigenvalue weighted by Gasteiger charge is 2.19. The van der Waals surface area contributed by atoms with Crippen molar-refractivity contribution in [2.45, 2.75) is 43.6 Å². The molecular formula is C15H18FNS. The van der Waals surface area contributed by atoms with Crippen molar-refractivity contribution in [1.29, 1.82) is 5.26 Å². The average molecular weight is 263 g/mol. The number of nitriles is 1. The second-order valence-corrected chi connectivity index (χ2v) is 6.41. The highest BCUT2D eigenvalue weighted by atomic mass is 32.2. The van der Waals surface area contributed by atoms with Gasteiger partial charge in [0.15, 0.2) is 0 Å². The minimum Gasteiger partial charge on any atom is -0.207 e. The van der Waals surface area contributed by atoms with Crippen molar-refractivity contribution in [2.75, 3.05) is 0 Å². The zero-order valence-corrected chi connectivity index (χ0v) is 11.5. The Morgan fingerprint density at radius 2 is 2.28 bits per heavy atom. The topological polar surface area (TPSA) is 23.8 Å². The molecule has 2 unspecified atom stereocenters. The van der Waals surface area contributed by atoms with Gasteiger partial charge in [0.25, 0.3) is 0 Å². The van der Waals surface area contributed by atoms with E-state index in [2.05, 4.69) is 13.0 Å². The Hall–Kier alpha value is -1.01. The van der Waals surface area contributed by atoms with E-state index in [-0.39, 0.29) is 5.82 Å². The monoisotopic (exact) mass is 263 g/mol. The van der Waals surface area contributed by atoms with Gasteiger partial charge in [-0.1, -0.05) is 19.8 Å². The Morgan fingerprint density at radius 3 is 3.00 bits per heavy atom. The number of hydrogen-bond acceptors (Lipinski definition) is 2. The van der Waals surface area contributed by atoms with Gasteiger partial charge in [-0.3, -0.25) is 0 Å². The minimum absolute atomic E-state index is 0.189. The summed E-state index contributed by atoms with van der Waals surface area (Å²) < 4.78 is 13.6. The number of nitrogens with zero attached hydrogens (tertiary/aromatic N) is 1. The van der Waals surface area contributed by atoms with Gasteiger partial charge < -0.3 is 0 Å². The molecule has 0 amide bonds. The maximum absolute atomic E-state index is 13.6. The molecule has 0 N–H and O–H groups in total. The lowest BCUT2D eigenvalue weighted by Gasteiger charge is -2.26. The second-order valence-electron chi connectivity index (χ2n) is 5.12. The zero-order valence-electron chi connectivity index (χ0n) is 10.7. The lowest BCUT2D eigenvalue weighted by molar-refractivity contribution is 0.394. The molecule has 0 aromatic heterocycles.